The van der Waals surface area contributed by atoms with Crippen molar-refractivity contribution < 1.29 is 8.33 Å². The third kappa shape index (κ3) is 9.01. The maximum absolute atomic E-state index is 0. The van der Waals surface area contributed by atoms with Crippen LogP contribution in [0, 0.1) is 0 Å². The summed E-state index contributed by atoms with van der Waals surface area (Å²) in [5.41, 5.74) is 0. The largest absolute Gasteiger partial charge is 2.00 e. The predicted octanol–water partition coefficient (Wildman–Crippen LogP) is -1.74. The summed E-state index contributed by atoms with van der Waals surface area (Å²) in [5, 5.41) is 0. The van der Waals surface area contributed by atoms with Crippen molar-refractivity contribution >= 4 is 102 Å². The van der Waals surface area contributed by atoms with E-state index in [1.807, 2.05) is 0 Å². The van der Waals surface area contributed by atoms with E-state index in [9.17, 15) is 0 Å². The Bertz CT molecular complexity index is 13.5. The molecule has 7 radical (unpaired) electrons. The van der Waals surface area contributed by atoms with Crippen LogP contribution in [0.1, 0.15) is 2.85 Å². The zero-order chi connectivity index (χ0) is 0. The van der Waals surface area contributed by atoms with Crippen LogP contribution in [0.5, 0.6) is 0 Å². The quantitative estimate of drug-likeness (QED) is 0.309. The minimum Gasteiger partial charge on any atom is -1.00 e. The van der Waals surface area contributed by atoms with Crippen molar-refractivity contribution in [3.63, 3.8) is 0 Å². The van der Waals surface area contributed by atoms with Crippen LogP contribution in [0.2, 0.25) is 0 Å². The normalized spacial score (nSPS) is 0. The molecule has 4 heteroatoms. The number of rotatable bonds is 0. The van der Waals surface area contributed by atoms with Crippen LogP contribution in [0.25, 0.3) is 0 Å². The maximum atomic E-state index is 0. The zero-order valence-corrected chi connectivity index (χ0v) is 14.0. The fraction of sp³-hybridized carbons (Fsp3) is 0. The van der Waals surface area contributed by atoms with Crippen molar-refractivity contribution in [2.75, 3.05) is 0 Å². The van der Waals surface area contributed by atoms with Gasteiger partial charge in [-0.25, -0.2) is 0 Å². The molecule has 0 heterocycles. The maximum Gasteiger partial charge on any atom is 2.00 e. The van der Waals surface area contributed by atoms with E-state index >= 15 is 0 Å². The first-order valence-electron chi connectivity index (χ1n) is 0. The second-order valence-corrected chi connectivity index (χ2v) is 0. The summed E-state index contributed by atoms with van der Waals surface area (Å²) < 4.78 is 0. The number of hydrogen-bond acceptors (Lipinski definition) is 0. The molecule has 0 spiro atoms. The van der Waals surface area contributed by atoms with Crippen molar-refractivity contribution in [1.82, 2.24) is 0 Å². The average molecular weight is 574 g/mol. The van der Waals surface area contributed by atoms with Gasteiger partial charge in [-0.05, 0) is 0 Å². The second-order valence-electron chi connectivity index (χ2n) is 0. The van der Waals surface area contributed by atoms with E-state index in [0.717, 1.165) is 0 Å². The Hall–Kier alpha value is 3.34. The van der Waals surface area contributed by atoms with Crippen LogP contribution in [-0.4, -0.2) is 108 Å². The van der Waals surface area contributed by atoms with Crippen molar-refractivity contribution in [2.45, 2.75) is 0 Å². The van der Waals surface area contributed by atoms with Gasteiger partial charge in [0.1, 0.15) is 0 Å². The standard InChI is InChI=1S/Ba.Bi.H2O.Pb.2H/h;;1H2;;;/q+2;;;;2*-1. The second kappa shape index (κ2) is 16.2. The third-order valence-corrected chi connectivity index (χ3v) is 0. The molecule has 21 valence electrons. The Labute approximate surface area is 108 Å². The number of hydrogen-bond donors (Lipinski definition) is 0. The molecular weight excluding hydrogens is 570 g/mol. The monoisotopic (exact) mass is 575 g/mol. The van der Waals surface area contributed by atoms with E-state index in [-0.39, 0.29) is 111 Å². The van der Waals surface area contributed by atoms with Crippen molar-refractivity contribution in [2.24, 2.45) is 0 Å². The van der Waals surface area contributed by atoms with Gasteiger partial charge in [0.05, 0.1) is 0 Å². The molecular formula is H4BaBiOPb. The summed E-state index contributed by atoms with van der Waals surface area (Å²) in [6.07, 6.45) is 0. The van der Waals surface area contributed by atoms with E-state index in [2.05, 4.69) is 0 Å². The van der Waals surface area contributed by atoms with E-state index in [1.165, 1.54) is 0 Å². The first kappa shape index (κ1) is 26.5. The molecule has 0 aliphatic rings. The van der Waals surface area contributed by atoms with Gasteiger partial charge in [-0.2, -0.15) is 0 Å². The Morgan fingerprint density at radius 2 is 1.25 bits per heavy atom. The van der Waals surface area contributed by atoms with Crippen LogP contribution in [0.3, 0.4) is 0 Å². The molecule has 0 aliphatic carbocycles. The molecule has 0 unspecified atom stereocenters. The molecule has 0 amide bonds. The summed E-state index contributed by atoms with van der Waals surface area (Å²) in [5.74, 6) is 0. The smallest absolute Gasteiger partial charge is 1.00 e. The zero-order valence-electron chi connectivity index (χ0n) is 4.15. The van der Waals surface area contributed by atoms with Crippen LogP contribution < -0.4 is 0 Å². The summed E-state index contributed by atoms with van der Waals surface area (Å²) in [4.78, 5) is 0. The molecule has 0 saturated carbocycles. The summed E-state index contributed by atoms with van der Waals surface area (Å²) in [6.45, 7) is 0. The average Bonchev–Trinajstić information content (AvgIpc) is 0. The first-order valence-corrected chi connectivity index (χ1v) is 0. The molecule has 0 aliphatic heterocycles. The Kier molecular flexibility index (Phi) is 107. The third-order valence-electron chi connectivity index (χ3n) is 0. The predicted molar refractivity (Wildman–Crippen MR) is 23.1 cm³/mol. The molecule has 2 N–H and O–H groups in total. The Balaban J connectivity index is 0. The van der Waals surface area contributed by atoms with Crippen LogP contribution >= 0.6 is 0 Å². The van der Waals surface area contributed by atoms with E-state index in [1.54, 1.807) is 0 Å². The van der Waals surface area contributed by atoms with Gasteiger partial charge in [0, 0.05) is 53.5 Å². The van der Waals surface area contributed by atoms with E-state index in [0.29, 0.717) is 0 Å². The van der Waals surface area contributed by atoms with E-state index < -0.39 is 0 Å². The van der Waals surface area contributed by atoms with Crippen molar-refractivity contribution in [3.8, 4) is 0 Å². The molecule has 0 rings (SSSR count). The molecule has 1 nitrogen and oxygen atoms in total. The van der Waals surface area contributed by atoms with Crippen LogP contribution in [0.4, 0.5) is 0 Å². The summed E-state index contributed by atoms with van der Waals surface area (Å²) >= 11 is 0. The molecule has 0 aromatic heterocycles. The minimum absolute atomic E-state index is 0. The van der Waals surface area contributed by atoms with Gasteiger partial charge in [0.25, 0.3) is 0 Å². The molecule has 0 atom stereocenters. The van der Waals surface area contributed by atoms with Gasteiger partial charge >= 0.3 is 48.9 Å². The molecule has 0 bridgehead atoms. The Morgan fingerprint density at radius 1 is 1.25 bits per heavy atom. The molecule has 4 heavy (non-hydrogen) atoms. The van der Waals surface area contributed by atoms with Crippen molar-refractivity contribution in [1.29, 1.82) is 0 Å². The first-order chi connectivity index (χ1) is 0. The summed E-state index contributed by atoms with van der Waals surface area (Å²) in [7, 11) is 0. The molecule has 0 aromatic rings. The van der Waals surface area contributed by atoms with Gasteiger partial charge in [-0.1, -0.05) is 0 Å². The van der Waals surface area contributed by atoms with Gasteiger partial charge in [-0.3, -0.25) is 0 Å². The van der Waals surface area contributed by atoms with Gasteiger partial charge < -0.3 is 8.33 Å². The SMILES string of the molecule is O.[Ba+2].[Bi].[H-].[H-].[Pb]. The van der Waals surface area contributed by atoms with Crippen LogP contribution in [0.15, 0.2) is 0 Å². The van der Waals surface area contributed by atoms with E-state index in [4.69, 9.17) is 0 Å². The molecule has 0 saturated heterocycles. The van der Waals surface area contributed by atoms with Gasteiger partial charge in [0.15, 0.2) is 0 Å². The van der Waals surface area contributed by atoms with Gasteiger partial charge in [0.2, 0.25) is 0 Å². The topological polar surface area (TPSA) is 31.5 Å². The molecule has 0 fully saturated rings. The fourth-order valence-corrected chi connectivity index (χ4v) is 0. The molecule has 0 aromatic carbocycles. The van der Waals surface area contributed by atoms with Gasteiger partial charge in [-0.15, -0.1) is 0 Å². The Morgan fingerprint density at radius 3 is 1.25 bits per heavy atom. The fourth-order valence-electron chi connectivity index (χ4n) is 0. The summed E-state index contributed by atoms with van der Waals surface area (Å²) in [6, 6.07) is 0. The van der Waals surface area contributed by atoms with Crippen molar-refractivity contribution in [3.05, 3.63) is 0 Å². The minimum atomic E-state index is 0. The van der Waals surface area contributed by atoms with Crippen LogP contribution in [-0.2, 0) is 0 Å².